The van der Waals surface area contributed by atoms with E-state index in [9.17, 15) is 15.0 Å². The summed E-state index contributed by atoms with van der Waals surface area (Å²) in [6, 6.07) is 8.79. The second-order valence-corrected chi connectivity index (χ2v) is 8.15. The summed E-state index contributed by atoms with van der Waals surface area (Å²) in [7, 11) is 1.52. The van der Waals surface area contributed by atoms with E-state index in [1.165, 1.54) is 7.11 Å². The van der Waals surface area contributed by atoms with Crippen LogP contribution in [0.5, 0.6) is 17.2 Å². The quantitative estimate of drug-likeness (QED) is 0.585. The Morgan fingerprint density at radius 1 is 1.28 bits per heavy atom. The lowest BCUT2D eigenvalue weighted by atomic mass is 9.85. The molecule has 5 heteroatoms. The van der Waals surface area contributed by atoms with Crippen molar-refractivity contribution in [3.8, 4) is 17.2 Å². The van der Waals surface area contributed by atoms with Crippen molar-refractivity contribution in [1.82, 2.24) is 0 Å². The Morgan fingerprint density at radius 2 is 1.93 bits per heavy atom. The highest BCUT2D eigenvalue weighted by molar-refractivity contribution is 6.13. The Labute approximate surface area is 171 Å². The summed E-state index contributed by atoms with van der Waals surface area (Å²) in [6.45, 7) is 7.46. The molecule has 0 aliphatic carbocycles. The van der Waals surface area contributed by atoms with Crippen molar-refractivity contribution in [3.63, 3.8) is 0 Å². The first-order chi connectivity index (χ1) is 13.7. The molecule has 0 bridgehead atoms. The Balaban J connectivity index is 2.31. The molecule has 1 heterocycles. The summed E-state index contributed by atoms with van der Waals surface area (Å²) >= 11 is 0. The first kappa shape index (κ1) is 20.9. The third-order valence-corrected chi connectivity index (χ3v) is 5.32. The minimum atomic E-state index is -0.905. The second-order valence-electron chi connectivity index (χ2n) is 8.15. The fourth-order valence-corrected chi connectivity index (χ4v) is 3.56. The number of benzene rings is 2. The minimum absolute atomic E-state index is 0.115. The van der Waals surface area contributed by atoms with E-state index >= 15 is 0 Å². The van der Waals surface area contributed by atoms with Crippen LogP contribution in [-0.2, 0) is 12.8 Å². The van der Waals surface area contributed by atoms with E-state index < -0.39 is 11.7 Å². The Morgan fingerprint density at radius 3 is 2.52 bits per heavy atom. The topological polar surface area (TPSA) is 76.0 Å². The molecule has 0 unspecified atom stereocenters. The van der Waals surface area contributed by atoms with Gasteiger partial charge in [0.25, 0.3) is 0 Å². The average molecular weight is 396 g/mol. The Bertz CT molecular complexity index is 953. The van der Waals surface area contributed by atoms with Gasteiger partial charge in [-0.25, -0.2) is 0 Å². The summed E-state index contributed by atoms with van der Waals surface area (Å²) in [6.07, 6.45) is 1.86. The third-order valence-electron chi connectivity index (χ3n) is 5.32. The number of phenols is 1. The monoisotopic (exact) mass is 396 g/mol. The molecule has 0 saturated heterocycles. The van der Waals surface area contributed by atoms with Crippen LogP contribution in [0.2, 0.25) is 0 Å². The van der Waals surface area contributed by atoms with Gasteiger partial charge in [-0.3, -0.25) is 4.79 Å². The number of hydrogen-bond donors (Lipinski definition) is 2. The molecule has 29 heavy (non-hydrogen) atoms. The molecule has 0 fully saturated rings. The van der Waals surface area contributed by atoms with Crippen molar-refractivity contribution in [1.29, 1.82) is 0 Å². The molecule has 3 rings (SSSR count). The van der Waals surface area contributed by atoms with Gasteiger partial charge < -0.3 is 19.7 Å². The van der Waals surface area contributed by atoms with Crippen LogP contribution >= 0.6 is 0 Å². The third kappa shape index (κ3) is 3.87. The van der Waals surface area contributed by atoms with Gasteiger partial charge in [-0.1, -0.05) is 42.0 Å². The maximum absolute atomic E-state index is 13.4. The number of carbonyl (C=O) groups is 1. The van der Waals surface area contributed by atoms with Gasteiger partial charge in [0.05, 0.1) is 13.2 Å². The number of fused-ring (bicyclic) bond motifs is 1. The van der Waals surface area contributed by atoms with E-state index in [4.69, 9.17) is 9.47 Å². The number of carbonyl (C=O) groups excluding carboxylic acids is 1. The number of aromatic hydroxyl groups is 1. The molecular formula is C24H28O5. The SMILES string of the molecule is COc1c(CC=C(C)C)c(O)c(C(=O)c2ccccc2)c2c1C[C@H](O)C(C)(C)O2. The number of aliphatic hydroxyl groups excluding tert-OH is 1. The second kappa shape index (κ2) is 7.91. The van der Waals surface area contributed by atoms with Crippen LogP contribution in [0.4, 0.5) is 0 Å². The van der Waals surface area contributed by atoms with Gasteiger partial charge in [0.1, 0.15) is 28.4 Å². The van der Waals surface area contributed by atoms with E-state index in [2.05, 4.69) is 0 Å². The lowest BCUT2D eigenvalue weighted by Gasteiger charge is -2.39. The molecule has 2 aromatic rings. The number of methoxy groups -OCH3 is 1. The molecule has 1 aliphatic heterocycles. The lowest BCUT2D eigenvalue weighted by Crippen LogP contribution is -2.47. The molecule has 0 aromatic heterocycles. The van der Waals surface area contributed by atoms with Gasteiger partial charge >= 0.3 is 0 Å². The normalized spacial score (nSPS) is 17.1. The summed E-state index contributed by atoms with van der Waals surface area (Å²) in [5.41, 5.74) is 1.87. The van der Waals surface area contributed by atoms with E-state index in [0.29, 0.717) is 28.9 Å². The average Bonchev–Trinajstić information content (AvgIpc) is 2.67. The molecule has 5 nitrogen and oxygen atoms in total. The molecule has 154 valence electrons. The largest absolute Gasteiger partial charge is 0.507 e. The number of phenolic OH excluding ortho intramolecular Hbond substituents is 1. The van der Waals surface area contributed by atoms with Crippen LogP contribution in [0.1, 0.15) is 54.7 Å². The van der Waals surface area contributed by atoms with Crippen molar-refractivity contribution in [2.24, 2.45) is 0 Å². The highest BCUT2D eigenvalue weighted by atomic mass is 16.5. The van der Waals surface area contributed by atoms with E-state index in [1.54, 1.807) is 38.1 Å². The molecule has 2 aromatic carbocycles. The van der Waals surface area contributed by atoms with Crippen molar-refractivity contribution in [3.05, 3.63) is 64.2 Å². The number of ketones is 1. The van der Waals surface area contributed by atoms with Crippen molar-refractivity contribution in [2.45, 2.75) is 52.2 Å². The molecule has 0 radical (unpaired) electrons. The molecular weight excluding hydrogens is 368 g/mol. The van der Waals surface area contributed by atoms with Gasteiger partial charge in [0, 0.05) is 23.1 Å². The zero-order valence-electron chi connectivity index (χ0n) is 17.6. The number of aliphatic hydroxyl groups is 1. The van der Waals surface area contributed by atoms with E-state index in [1.807, 2.05) is 26.0 Å². The van der Waals surface area contributed by atoms with Gasteiger partial charge in [-0.2, -0.15) is 0 Å². The fraction of sp³-hybridized carbons (Fsp3) is 0.375. The highest BCUT2D eigenvalue weighted by Gasteiger charge is 2.41. The van der Waals surface area contributed by atoms with Crippen LogP contribution in [-0.4, -0.2) is 34.8 Å². The zero-order chi connectivity index (χ0) is 21.3. The number of hydrogen-bond acceptors (Lipinski definition) is 5. The summed E-state index contributed by atoms with van der Waals surface area (Å²) in [4.78, 5) is 13.4. The predicted molar refractivity (Wildman–Crippen MR) is 112 cm³/mol. The molecule has 2 N–H and O–H groups in total. The summed E-state index contributed by atoms with van der Waals surface area (Å²) in [5.74, 6) is 0.269. The van der Waals surface area contributed by atoms with Crippen molar-refractivity contribution < 1.29 is 24.5 Å². The Hall–Kier alpha value is -2.79. The fourth-order valence-electron chi connectivity index (χ4n) is 3.56. The van der Waals surface area contributed by atoms with E-state index in [0.717, 1.165) is 5.57 Å². The van der Waals surface area contributed by atoms with Crippen LogP contribution < -0.4 is 9.47 Å². The highest BCUT2D eigenvalue weighted by Crippen LogP contribution is 2.49. The smallest absolute Gasteiger partial charge is 0.200 e. The predicted octanol–water partition coefficient (Wildman–Crippen LogP) is 4.21. The summed E-state index contributed by atoms with van der Waals surface area (Å²) in [5, 5.41) is 21.8. The van der Waals surface area contributed by atoms with E-state index in [-0.39, 0.29) is 29.3 Å². The standard InChI is InChI=1S/C24H28O5/c1-14(2)11-12-16-21(27)19(20(26)15-9-7-6-8-10-15)23-17(22(16)28-5)13-18(25)24(3,4)29-23/h6-11,18,25,27H,12-13H2,1-5H3/t18-/m0/s1. The van der Waals surface area contributed by atoms with Gasteiger partial charge in [-0.15, -0.1) is 0 Å². The molecule has 1 aliphatic rings. The maximum Gasteiger partial charge on any atom is 0.200 e. The molecule has 0 amide bonds. The van der Waals surface area contributed by atoms with Crippen LogP contribution in [0.25, 0.3) is 0 Å². The minimum Gasteiger partial charge on any atom is -0.507 e. The first-order valence-electron chi connectivity index (χ1n) is 9.72. The van der Waals surface area contributed by atoms with Gasteiger partial charge in [0.15, 0.2) is 0 Å². The van der Waals surface area contributed by atoms with Crippen LogP contribution in [0.3, 0.4) is 0 Å². The first-order valence-corrected chi connectivity index (χ1v) is 9.72. The number of rotatable bonds is 5. The van der Waals surface area contributed by atoms with Crippen molar-refractivity contribution in [2.75, 3.05) is 7.11 Å². The van der Waals surface area contributed by atoms with Crippen molar-refractivity contribution >= 4 is 5.78 Å². The van der Waals surface area contributed by atoms with Gasteiger partial charge in [0.2, 0.25) is 5.78 Å². The number of ether oxygens (including phenoxy) is 2. The maximum atomic E-state index is 13.4. The summed E-state index contributed by atoms with van der Waals surface area (Å²) < 4.78 is 11.7. The van der Waals surface area contributed by atoms with Crippen LogP contribution in [0, 0.1) is 0 Å². The zero-order valence-corrected chi connectivity index (χ0v) is 17.6. The lowest BCUT2D eigenvalue weighted by molar-refractivity contribution is -0.0422. The Kier molecular flexibility index (Phi) is 5.71. The van der Waals surface area contributed by atoms with Gasteiger partial charge in [-0.05, 0) is 34.1 Å². The molecule has 0 spiro atoms. The molecule has 0 saturated carbocycles. The van der Waals surface area contributed by atoms with Crippen LogP contribution in [0.15, 0.2) is 42.0 Å². The number of allylic oxidation sites excluding steroid dienone is 2. The molecule has 1 atom stereocenters.